The number of carbonyl (C=O) groups is 2. The average molecular weight is 401 g/mol. The van der Waals surface area contributed by atoms with Gasteiger partial charge in [-0.3, -0.25) is 4.79 Å². The van der Waals surface area contributed by atoms with E-state index in [0.29, 0.717) is 18.7 Å². The first-order valence-corrected chi connectivity index (χ1v) is 9.75. The van der Waals surface area contributed by atoms with E-state index in [4.69, 9.17) is 0 Å². The van der Waals surface area contributed by atoms with E-state index < -0.39 is 17.5 Å². The molecule has 0 aromatic heterocycles. The van der Waals surface area contributed by atoms with E-state index in [9.17, 15) is 18.4 Å². The van der Waals surface area contributed by atoms with Crippen LogP contribution in [0.5, 0.6) is 0 Å². The third-order valence-corrected chi connectivity index (χ3v) is 4.92. The number of anilines is 1. The Hall–Kier alpha value is -2.96. The summed E-state index contributed by atoms with van der Waals surface area (Å²) in [7, 11) is 0. The van der Waals surface area contributed by atoms with Crippen LogP contribution in [0.25, 0.3) is 0 Å². The van der Waals surface area contributed by atoms with Gasteiger partial charge < -0.3 is 15.5 Å². The molecule has 2 aromatic rings. The van der Waals surface area contributed by atoms with E-state index in [1.165, 1.54) is 6.07 Å². The van der Waals surface area contributed by atoms with Crippen LogP contribution in [0.15, 0.2) is 42.5 Å². The number of likely N-dealkylation sites (tertiary alicyclic amines) is 1. The maximum absolute atomic E-state index is 13.4. The summed E-state index contributed by atoms with van der Waals surface area (Å²) in [5.41, 5.74) is 1.59. The van der Waals surface area contributed by atoms with Crippen LogP contribution in [-0.4, -0.2) is 36.0 Å². The summed E-state index contributed by atoms with van der Waals surface area (Å²) in [6.07, 6.45) is 1.82. The Balaban J connectivity index is 1.70. The minimum atomic E-state index is -1.02. The molecule has 1 heterocycles. The van der Waals surface area contributed by atoms with E-state index in [1.54, 1.807) is 18.2 Å². The third-order valence-electron chi connectivity index (χ3n) is 4.92. The highest BCUT2D eigenvalue weighted by atomic mass is 19.2. The molecule has 0 saturated carbocycles. The molecule has 29 heavy (non-hydrogen) atoms. The predicted molar refractivity (Wildman–Crippen MR) is 108 cm³/mol. The molecular formula is C22H25F2N3O2. The smallest absolute Gasteiger partial charge is 0.317 e. The lowest BCUT2D eigenvalue weighted by Gasteiger charge is -2.33. The van der Waals surface area contributed by atoms with Crippen molar-refractivity contribution in [2.45, 2.75) is 38.6 Å². The molecule has 1 fully saturated rings. The second-order valence-corrected chi connectivity index (χ2v) is 7.60. The Morgan fingerprint density at radius 2 is 1.90 bits per heavy atom. The summed E-state index contributed by atoms with van der Waals surface area (Å²) in [4.78, 5) is 26.7. The zero-order chi connectivity index (χ0) is 21.0. The van der Waals surface area contributed by atoms with Crippen LogP contribution in [0, 0.1) is 11.6 Å². The zero-order valence-electron chi connectivity index (χ0n) is 16.5. The number of amides is 3. The molecule has 7 heteroatoms. The van der Waals surface area contributed by atoms with Crippen molar-refractivity contribution >= 4 is 17.6 Å². The lowest BCUT2D eigenvalue weighted by Crippen LogP contribution is -2.47. The highest BCUT2D eigenvalue weighted by Crippen LogP contribution is 2.28. The molecule has 2 aromatic carbocycles. The van der Waals surface area contributed by atoms with Crippen LogP contribution >= 0.6 is 0 Å². The first kappa shape index (κ1) is 20.8. The van der Waals surface area contributed by atoms with Crippen molar-refractivity contribution in [3.8, 4) is 0 Å². The van der Waals surface area contributed by atoms with E-state index in [-0.39, 0.29) is 23.7 Å². The Morgan fingerprint density at radius 3 is 2.62 bits per heavy atom. The van der Waals surface area contributed by atoms with Crippen molar-refractivity contribution in [2.75, 3.05) is 18.4 Å². The van der Waals surface area contributed by atoms with Crippen molar-refractivity contribution in [2.24, 2.45) is 0 Å². The average Bonchev–Trinajstić information content (AvgIpc) is 2.70. The molecule has 3 rings (SSSR count). The molecule has 5 nitrogen and oxygen atoms in total. The number of halogens is 2. The second kappa shape index (κ2) is 9.03. The SMILES string of the molecule is CC(C)NC(=O)N1CCC[C@H](c2cccc(C(=O)Nc3ccc(F)c(F)c3)c2)C1. The minimum absolute atomic E-state index is 0.0723. The van der Waals surface area contributed by atoms with Gasteiger partial charge in [-0.1, -0.05) is 12.1 Å². The summed E-state index contributed by atoms with van der Waals surface area (Å²) in [5, 5.41) is 5.50. The largest absolute Gasteiger partial charge is 0.336 e. The van der Waals surface area contributed by atoms with Gasteiger partial charge in [0.2, 0.25) is 0 Å². The standard InChI is InChI=1S/C22H25F2N3O2/c1-14(2)25-22(29)27-10-4-7-17(13-27)15-5-3-6-16(11-15)21(28)26-18-8-9-19(23)20(24)12-18/h3,5-6,8-9,11-12,14,17H,4,7,10,13H2,1-2H3,(H,25,29)(H,26,28)/t17-/m0/s1. The Labute approximate surface area is 169 Å². The first-order chi connectivity index (χ1) is 13.8. The Morgan fingerprint density at radius 1 is 1.10 bits per heavy atom. The van der Waals surface area contributed by atoms with Crippen molar-refractivity contribution in [1.29, 1.82) is 0 Å². The molecule has 0 bridgehead atoms. The molecular weight excluding hydrogens is 376 g/mol. The molecule has 2 N–H and O–H groups in total. The van der Waals surface area contributed by atoms with Gasteiger partial charge in [0.25, 0.3) is 5.91 Å². The van der Waals surface area contributed by atoms with Gasteiger partial charge in [-0.05, 0) is 56.5 Å². The molecule has 0 radical (unpaired) electrons. The quantitative estimate of drug-likeness (QED) is 0.792. The van der Waals surface area contributed by atoms with Gasteiger partial charge in [-0.2, -0.15) is 0 Å². The number of hydrogen-bond acceptors (Lipinski definition) is 2. The van der Waals surface area contributed by atoms with Crippen LogP contribution in [-0.2, 0) is 0 Å². The van der Waals surface area contributed by atoms with Gasteiger partial charge in [-0.15, -0.1) is 0 Å². The molecule has 154 valence electrons. The number of piperidine rings is 1. The van der Waals surface area contributed by atoms with E-state index >= 15 is 0 Å². The van der Waals surface area contributed by atoms with E-state index in [2.05, 4.69) is 10.6 Å². The Kier molecular flexibility index (Phi) is 6.46. The lowest BCUT2D eigenvalue weighted by molar-refractivity contribution is 0.102. The molecule has 0 aliphatic carbocycles. The third kappa shape index (κ3) is 5.31. The van der Waals surface area contributed by atoms with E-state index in [0.717, 1.165) is 30.5 Å². The van der Waals surface area contributed by atoms with E-state index in [1.807, 2.05) is 24.8 Å². The molecule has 1 saturated heterocycles. The molecule has 1 aliphatic rings. The maximum atomic E-state index is 13.4. The Bertz CT molecular complexity index is 901. The summed E-state index contributed by atoms with van der Waals surface area (Å²) >= 11 is 0. The van der Waals surface area contributed by atoms with Crippen LogP contribution < -0.4 is 10.6 Å². The van der Waals surface area contributed by atoms with Crippen molar-refractivity contribution in [1.82, 2.24) is 10.2 Å². The fourth-order valence-electron chi connectivity index (χ4n) is 3.48. The second-order valence-electron chi connectivity index (χ2n) is 7.60. The number of nitrogens with zero attached hydrogens (tertiary/aromatic N) is 1. The van der Waals surface area contributed by atoms with Crippen molar-refractivity contribution in [3.63, 3.8) is 0 Å². The summed E-state index contributed by atoms with van der Waals surface area (Å²) in [6, 6.07) is 10.4. The van der Waals surface area contributed by atoms with Gasteiger partial charge in [-0.25, -0.2) is 13.6 Å². The summed E-state index contributed by atoms with van der Waals surface area (Å²) in [6.45, 7) is 5.15. The van der Waals surface area contributed by atoms with Crippen molar-refractivity contribution < 1.29 is 18.4 Å². The zero-order valence-corrected chi connectivity index (χ0v) is 16.5. The number of rotatable bonds is 4. The maximum Gasteiger partial charge on any atom is 0.317 e. The van der Waals surface area contributed by atoms with Crippen LogP contribution in [0.2, 0.25) is 0 Å². The summed E-state index contributed by atoms with van der Waals surface area (Å²) < 4.78 is 26.4. The minimum Gasteiger partial charge on any atom is -0.336 e. The topological polar surface area (TPSA) is 61.4 Å². The molecule has 0 unspecified atom stereocenters. The van der Waals surface area contributed by atoms with Gasteiger partial charge in [0, 0.05) is 42.4 Å². The van der Waals surface area contributed by atoms with Gasteiger partial charge >= 0.3 is 6.03 Å². The molecule has 0 spiro atoms. The number of nitrogens with one attached hydrogen (secondary N) is 2. The number of hydrogen-bond donors (Lipinski definition) is 2. The van der Waals surface area contributed by atoms with Crippen molar-refractivity contribution in [3.05, 3.63) is 65.2 Å². The normalized spacial score (nSPS) is 16.6. The summed E-state index contributed by atoms with van der Waals surface area (Å²) in [5.74, 6) is -2.24. The highest BCUT2D eigenvalue weighted by Gasteiger charge is 2.25. The molecule has 1 atom stereocenters. The highest BCUT2D eigenvalue weighted by molar-refractivity contribution is 6.04. The number of carbonyl (C=O) groups excluding carboxylic acids is 2. The van der Waals surface area contributed by atoms with Crippen LogP contribution in [0.4, 0.5) is 19.3 Å². The monoisotopic (exact) mass is 401 g/mol. The van der Waals surface area contributed by atoms with Crippen LogP contribution in [0.1, 0.15) is 48.5 Å². The predicted octanol–water partition coefficient (Wildman–Crippen LogP) is 4.51. The molecule has 1 aliphatic heterocycles. The van der Waals surface area contributed by atoms with Gasteiger partial charge in [0.05, 0.1) is 0 Å². The fraction of sp³-hybridized carbons (Fsp3) is 0.364. The number of urea groups is 1. The lowest BCUT2D eigenvalue weighted by atomic mass is 9.89. The van der Waals surface area contributed by atoms with Gasteiger partial charge in [0.1, 0.15) is 0 Å². The van der Waals surface area contributed by atoms with Crippen LogP contribution in [0.3, 0.4) is 0 Å². The fourth-order valence-corrected chi connectivity index (χ4v) is 3.48. The first-order valence-electron chi connectivity index (χ1n) is 9.75. The molecule has 3 amide bonds. The number of benzene rings is 2. The van der Waals surface area contributed by atoms with Gasteiger partial charge in [0.15, 0.2) is 11.6 Å².